The van der Waals surface area contributed by atoms with Crippen molar-refractivity contribution in [3.63, 3.8) is 0 Å². The summed E-state index contributed by atoms with van der Waals surface area (Å²) >= 11 is 0. The topological polar surface area (TPSA) is 44.8 Å². The van der Waals surface area contributed by atoms with Gasteiger partial charge >= 0.3 is 5.97 Å². The molecule has 0 saturated heterocycles. The zero-order valence-corrected chi connectivity index (χ0v) is 19.0. The highest BCUT2D eigenvalue weighted by molar-refractivity contribution is 5.71. The summed E-state index contributed by atoms with van der Waals surface area (Å²) in [7, 11) is 1.42. The van der Waals surface area contributed by atoms with Crippen molar-refractivity contribution < 1.29 is 19.0 Å². The van der Waals surface area contributed by atoms with E-state index in [2.05, 4.69) is 44.2 Å². The van der Waals surface area contributed by atoms with Crippen LogP contribution in [0.4, 0.5) is 0 Å². The molecule has 5 rings (SSSR count). The number of allylic oxidation sites excluding steroid dienone is 2. The van der Waals surface area contributed by atoms with Crippen LogP contribution in [0.2, 0.25) is 0 Å². The van der Waals surface area contributed by atoms with Gasteiger partial charge in [-0.15, -0.1) is 0 Å². The molecule has 0 radical (unpaired) electrons. The second kappa shape index (κ2) is 8.50. The maximum atomic E-state index is 11.7. The maximum Gasteiger partial charge on any atom is 0.306 e. The summed E-state index contributed by atoms with van der Waals surface area (Å²) in [5.74, 6) is 1.93. The average Bonchev–Trinajstić information content (AvgIpc) is 3.38. The molecule has 4 heteroatoms. The monoisotopic (exact) mass is 430 g/mol. The Hall–Kier alpha value is -3.01. The smallest absolute Gasteiger partial charge is 0.306 e. The second-order valence-electron chi connectivity index (χ2n) is 9.11. The fourth-order valence-corrected chi connectivity index (χ4v) is 5.60. The van der Waals surface area contributed by atoms with E-state index < -0.39 is 0 Å². The molecule has 2 aliphatic carbocycles. The third-order valence-electron chi connectivity index (χ3n) is 7.16. The minimum Gasteiger partial charge on any atom is -0.492 e. The van der Waals surface area contributed by atoms with Gasteiger partial charge in [-0.1, -0.05) is 42.0 Å². The molecular weight excluding hydrogens is 400 g/mol. The van der Waals surface area contributed by atoms with Crippen molar-refractivity contribution >= 4 is 5.97 Å². The zero-order chi connectivity index (χ0) is 22.2. The lowest BCUT2D eigenvalue weighted by molar-refractivity contribution is -0.141. The van der Waals surface area contributed by atoms with Gasteiger partial charge in [0.05, 0.1) is 20.1 Å². The molecule has 0 saturated carbocycles. The lowest BCUT2D eigenvalue weighted by atomic mass is 9.79. The first-order valence-electron chi connectivity index (χ1n) is 11.5. The number of carbonyl (C=O) groups excluding carboxylic acids is 1. The maximum absolute atomic E-state index is 11.7. The van der Waals surface area contributed by atoms with Gasteiger partial charge in [0.2, 0.25) is 0 Å². The van der Waals surface area contributed by atoms with E-state index in [1.165, 1.54) is 34.9 Å². The summed E-state index contributed by atoms with van der Waals surface area (Å²) in [6.45, 7) is 4.95. The van der Waals surface area contributed by atoms with E-state index >= 15 is 0 Å². The van der Waals surface area contributed by atoms with Gasteiger partial charge in [-0.2, -0.15) is 0 Å². The van der Waals surface area contributed by atoms with Crippen LogP contribution in [0.3, 0.4) is 0 Å². The molecule has 0 fully saturated rings. The van der Waals surface area contributed by atoms with Gasteiger partial charge < -0.3 is 14.2 Å². The number of methoxy groups -OCH3 is 1. The number of benzene rings is 2. The molecule has 0 bridgehead atoms. The number of esters is 1. The molecule has 1 heterocycles. The standard InChI is InChI=1S/C28H30O4/c1-17-6-4-7-18(2)28(17)24-9-5-8-23-22(24)12-13-25(23)32-20-10-11-21-19(14-27(29)30-3)16-31-26(21)15-20/h4-8,10-11,15,19,24-25H,9,12-14,16H2,1-3H3/t19-,24?,25-/m1/s1. The third-order valence-corrected chi connectivity index (χ3v) is 7.16. The first kappa shape index (κ1) is 20.9. The molecule has 32 heavy (non-hydrogen) atoms. The zero-order valence-electron chi connectivity index (χ0n) is 19.0. The summed E-state index contributed by atoms with van der Waals surface area (Å²) in [5.41, 5.74) is 8.16. The van der Waals surface area contributed by atoms with Gasteiger partial charge in [-0.05, 0) is 61.4 Å². The van der Waals surface area contributed by atoms with E-state index in [9.17, 15) is 4.79 Å². The number of hydrogen-bond acceptors (Lipinski definition) is 4. The molecule has 4 nitrogen and oxygen atoms in total. The van der Waals surface area contributed by atoms with Gasteiger partial charge in [-0.25, -0.2) is 0 Å². The van der Waals surface area contributed by atoms with Crippen LogP contribution in [0.25, 0.3) is 0 Å². The minimum absolute atomic E-state index is 0.0479. The quantitative estimate of drug-likeness (QED) is 0.552. The van der Waals surface area contributed by atoms with Crippen molar-refractivity contribution in [3.8, 4) is 11.5 Å². The number of ether oxygens (including phenoxy) is 3. The van der Waals surface area contributed by atoms with Crippen LogP contribution >= 0.6 is 0 Å². The van der Waals surface area contributed by atoms with Crippen molar-refractivity contribution in [1.29, 1.82) is 0 Å². The first-order chi connectivity index (χ1) is 15.5. The van der Waals surface area contributed by atoms with Crippen LogP contribution in [0.1, 0.15) is 59.8 Å². The van der Waals surface area contributed by atoms with Gasteiger partial charge in [0, 0.05) is 23.5 Å². The molecule has 166 valence electrons. The van der Waals surface area contributed by atoms with Crippen LogP contribution in [-0.4, -0.2) is 25.8 Å². The van der Waals surface area contributed by atoms with Crippen molar-refractivity contribution in [2.24, 2.45) is 0 Å². The van der Waals surface area contributed by atoms with E-state index in [4.69, 9.17) is 14.2 Å². The Labute approximate surface area is 189 Å². The van der Waals surface area contributed by atoms with Gasteiger partial charge in [0.25, 0.3) is 0 Å². The number of aryl methyl sites for hydroxylation is 2. The number of hydrogen-bond donors (Lipinski definition) is 0. The largest absolute Gasteiger partial charge is 0.492 e. The average molecular weight is 431 g/mol. The van der Waals surface area contributed by atoms with Crippen LogP contribution in [0, 0.1) is 13.8 Å². The van der Waals surface area contributed by atoms with Crippen LogP contribution in [0.5, 0.6) is 11.5 Å². The highest BCUT2D eigenvalue weighted by Crippen LogP contribution is 2.46. The SMILES string of the molecule is COC(=O)C[C@@H]1COc2cc(O[C@@H]3CCC4=C3C=CCC4c3c(C)cccc3C)ccc21. The van der Waals surface area contributed by atoms with Crippen molar-refractivity contribution in [2.75, 3.05) is 13.7 Å². The highest BCUT2D eigenvalue weighted by Gasteiger charge is 2.34. The van der Waals surface area contributed by atoms with Crippen LogP contribution in [-0.2, 0) is 9.53 Å². The van der Waals surface area contributed by atoms with Gasteiger partial charge in [0.1, 0.15) is 17.6 Å². The molecule has 1 unspecified atom stereocenters. The Kier molecular flexibility index (Phi) is 5.54. The van der Waals surface area contributed by atoms with Gasteiger partial charge in [0.15, 0.2) is 0 Å². The Balaban J connectivity index is 1.36. The van der Waals surface area contributed by atoms with E-state index in [1.807, 2.05) is 18.2 Å². The molecule has 2 aromatic carbocycles. The van der Waals surface area contributed by atoms with Gasteiger partial charge in [-0.3, -0.25) is 4.79 Å². The van der Waals surface area contributed by atoms with Crippen molar-refractivity contribution in [1.82, 2.24) is 0 Å². The Morgan fingerprint density at radius 2 is 1.97 bits per heavy atom. The molecular formula is C28H30O4. The molecule has 1 aliphatic heterocycles. The summed E-state index contributed by atoms with van der Waals surface area (Å²) in [6.07, 6.45) is 8.12. The number of rotatable bonds is 5. The summed E-state index contributed by atoms with van der Waals surface area (Å²) in [4.78, 5) is 11.7. The predicted molar refractivity (Wildman–Crippen MR) is 124 cm³/mol. The van der Waals surface area contributed by atoms with Crippen molar-refractivity contribution in [2.45, 2.75) is 57.5 Å². The summed E-state index contributed by atoms with van der Waals surface area (Å²) < 4.78 is 17.1. The lowest BCUT2D eigenvalue weighted by Crippen LogP contribution is -2.17. The van der Waals surface area contributed by atoms with Crippen molar-refractivity contribution in [3.05, 3.63) is 82.0 Å². The first-order valence-corrected chi connectivity index (χ1v) is 11.5. The molecule has 0 N–H and O–H groups in total. The normalized spacial score (nSPS) is 23.5. The second-order valence-corrected chi connectivity index (χ2v) is 9.11. The van der Waals surface area contributed by atoms with Crippen LogP contribution < -0.4 is 9.47 Å². The Morgan fingerprint density at radius 1 is 1.16 bits per heavy atom. The third kappa shape index (κ3) is 3.72. The Morgan fingerprint density at radius 3 is 2.75 bits per heavy atom. The molecule has 0 spiro atoms. The molecule has 2 aromatic rings. The summed E-state index contributed by atoms with van der Waals surface area (Å²) in [5, 5.41) is 0. The van der Waals surface area contributed by atoms with Crippen LogP contribution in [0.15, 0.2) is 59.7 Å². The molecule has 0 aromatic heterocycles. The van der Waals surface area contributed by atoms with E-state index in [0.717, 1.165) is 36.3 Å². The fourth-order valence-electron chi connectivity index (χ4n) is 5.60. The lowest BCUT2D eigenvalue weighted by Gasteiger charge is -2.26. The van der Waals surface area contributed by atoms with E-state index in [1.54, 1.807) is 0 Å². The van der Waals surface area contributed by atoms with E-state index in [-0.39, 0.29) is 18.0 Å². The van der Waals surface area contributed by atoms with E-state index in [0.29, 0.717) is 18.9 Å². The molecule has 0 amide bonds. The minimum atomic E-state index is -0.209. The highest BCUT2D eigenvalue weighted by atomic mass is 16.5. The number of fused-ring (bicyclic) bond motifs is 1. The predicted octanol–water partition coefficient (Wildman–Crippen LogP) is 5.92. The Bertz CT molecular complexity index is 1090. The fraction of sp³-hybridized carbons (Fsp3) is 0.393. The molecule has 3 atom stereocenters. The molecule has 3 aliphatic rings. The summed E-state index contributed by atoms with van der Waals surface area (Å²) in [6, 6.07) is 12.6. The number of carbonyl (C=O) groups is 1.